The van der Waals surface area contributed by atoms with Gasteiger partial charge < -0.3 is 23.4 Å². The molecule has 0 aliphatic carbocycles. The standard InChI is InChI=1S/C23H19ClN2O6/c1-11-4-14(20-16(5-11)26-19(28-3)8-25-20)17-7-15-21(32-17)12(2)6-18-22(15)29-9-13(31-18)10-30-23(24)27/h4-8,13H,9-10H2,1-3H3/t13-/m1/s1. The fourth-order valence-electron chi connectivity index (χ4n) is 3.85. The molecule has 1 aliphatic heterocycles. The number of aromatic nitrogens is 2. The SMILES string of the molecule is COc1cnc2c(-c3cc4c5c(cc(C)c4o3)O[C@@H](COC(=O)Cl)CO5)cc(C)cc2n1. The summed E-state index contributed by atoms with van der Waals surface area (Å²) in [5.74, 6) is 2.23. The molecule has 1 atom stereocenters. The van der Waals surface area contributed by atoms with Crippen LogP contribution in [0.5, 0.6) is 17.4 Å². The molecule has 0 fully saturated rings. The number of rotatable bonds is 4. The molecule has 2 aromatic carbocycles. The Balaban J connectivity index is 1.59. The molecular weight excluding hydrogens is 436 g/mol. The maximum Gasteiger partial charge on any atom is 0.403 e. The van der Waals surface area contributed by atoms with Gasteiger partial charge in [-0.25, -0.2) is 14.8 Å². The molecular formula is C23H19ClN2O6. The van der Waals surface area contributed by atoms with Gasteiger partial charge in [0.2, 0.25) is 5.88 Å². The molecule has 9 heteroatoms. The molecule has 8 nitrogen and oxygen atoms in total. The zero-order valence-electron chi connectivity index (χ0n) is 17.6. The number of nitrogens with zero attached hydrogens (tertiary/aromatic N) is 2. The molecule has 5 rings (SSSR count). The summed E-state index contributed by atoms with van der Waals surface area (Å²) in [5, 5.41) is 0.791. The highest BCUT2D eigenvalue weighted by molar-refractivity contribution is 6.61. The predicted octanol–water partition coefficient (Wildman–Crippen LogP) is 5.18. The largest absolute Gasteiger partial charge is 0.485 e. The number of methoxy groups -OCH3 is 1. The minimum absolute atomic E-state index is 0.00685. The van der Waals surface area contributed by atoms with E-state index in [0.29, 0.717) is 34.2 Å². The highest BCUT2D eigenvalue weighted by Gasteiger charge is 2.27. The van der Waals surface area contributed by atoms with Crippen LogP contribution in [0, 0.1) is 13.8 Å². The monoisotopic (exact) mass is 454 g/mol. The molecule has 0 spiro atoms. The normalized spacial score (nSPS) is 15.2. The second kappa shape index (κ2) is 7.87. The van der Waals surface area contributed by atoms with Crippen molar-refractivity contribution >= 4 is 39.0 Å². The number of aryl methyl sites for hydroxylation is 2. The van der Waals surface area contributed by atoms with E-state index in [2.05, 4.69) is 9.97 Å². The van der Waals surface area contributed by atoms with Crippen LogP contribution in [0.25, 0.3) is 33.3 Å². The number of carbonyl (C=O) groups excluding carboxylic acids is 1. The van der Waals surface area contributed by atoms with Crippen LogP contribution in [0.3, 0.4) is 0 Å². The summed E-state index contributed by atoms with van der Waals surface area (Å²) in [5.41, 5.74) is 3.97. The van der Waals surface area contributed by atoms with Gasteiger partial charge in [0.05, 0.1) is 29.7 Å². The number of benzene rings is 2. The molecule has 164 valence electrons. The molecule has 0 bridgehead atoms. The summed E-state index contributed by atoms with van der Waals surface area (Å²) < 4.78 is 28.2. The molecule has 2 aromatic heterocycles. The lowest BCUT2D eigenvalue weighted by molar-refractivity contribution is 0.0411. The van der Waals surface area contributed by atoms with E-state index in [0.717, 1.165) is 27.6 Å². The van der Waals surface area contributed by atoms with E-state index in [-0.39, 0.29) is 13.2 Å². The average Bonchev–Trinajstić information content (AvgIpc) is 3.22. The zero-order valence-corrected chi connectivity index (χ0v) is 18.4. The molecule has 0 saturated carbocycles. The molecule has 0 unspecified atom stereocenters. The van der Waals surface area contributed by atoms with Gasteiger partial charge in [-0.1, -0.05) is 0 Å². The van der Waals surface area contributed by atoms with E-state index in [1.54, 1.807) is 13.3 Å². The summed E-state index contributed by atoms with van der Waals surface area (Å²) in [6.07, 6.45) is 1.14. The molecule has 1 aliphatic rings. The number of hydrogen-bond donors (Lipinski definition) is 0. The molecule has 4 aromatic rings. The summed E-state index contributed by atoms with van der Waals surface area (Å²) in [7, 11) is 1.56. The molecule has 32 heavy (non-hydrogen) atoms. The first kappa shape index (κ1) is 20.4. The van der Waals surface area contributed by atoms with Gasteiger partial charge in [-0.05, 0) is 49.2 Å². The maximum atomic E-state index is 10.9. The number of halogens is 1. The maximum absolute atomic E-state index is 10.9. The van der Waals surface area contributed by atoms with Gasteiger partial charge in [-0.15, -0.1) is 0 Å². The zero-order chi connectivity index (χ0) is 22.4. The lowest BCUT2D eigenvalue weighted by Crippen LogP contribution is -2.33. The van der Waals surface area contributed by atoms with Gasteiger partial charge in [0.15, 0.2) is 17.6 Å². The molecule has 0 radical (unpaired) electrons. The van der Waals surface area contributed by atoms with E-state index in [1.165, 1.54) is 0 Å². The topological polar surface area (TPSA) is 92.9 Å². The number of fused-ring (bicyclic) bond motifs is 4. The first-order chi connectivity index (χ1) is 15.4. The molecule has 0 N–H and O–H groups in total. The van der Waals surface area contributed by atoms with Gasteiger partial charge in [-0.2, -0.15) is 0 Å². The third-order valence-electron chi connectivity index (χ3n) is 5.24. The minimum Gasteiger partial charge on any atom is -0.485 e. The Morgan fingerprint density at radius 3 is 2.88 bits per heavy atom. The van der Waals surface area contributed by atoms with Gasteiger partial charge >= 0.3 is 5.43 Å². The van der Waals surface area contributed by atoms with Crippen molar-refractivity contribution < 1.29 is 28.2 Å². The number of carbonyl (C=O) groups is 1. The average molecular weight is 455 g/mol. The van der Waals surface area contributed by atoms with Crippen molar-refractivity contribution in [2.45, 2.75) is 20.0 Å². The fourth-order valence-corrected chi connectivity index (χ4v) is 3.91. The van der Waals surface area contributed by atoms with Crippen LogP contribution in [0.15, 0.2) is 34.9 Å². The Morgan fingerprint density at radius 2 is 2.09 bits per heavy atom. The summed E-state index contributed by atoms with van der Waals surface area (Å²) in [6.45, 7) is 4.15. The van der Waals surface area contributed by atoms with Gasteiger partial charge in [0.1, 0.15) is 24.6 Å². The second-order valence-corrected chi connectivity index (χ2v) is 7.87. The number of ether oxygens (including phenoxy) is 4. The van der Waals surface area contributed by atoms with Crippen molar-refractivity contribution in [3.8, 4) is 28.7 Å². The third kappa shape index (κ3) is 3.56. The summed E-state index contributed by atoms with van der Waals surface area (Å²) in [4.78, 5) is 19.9. The predicted molar refractivity (Wildman–Crippen MR) is 118 cm³/mol. The Hall–Kier alpha value is -3.52. The fraction of sp³-hybridized carbons (Fsp3) is 0.261. The van der Waals surface area contributed by atoms with Crippen LogP contribution < -0.4 is 14.2 Å². The van der Waals surface area contributed by atoms with E-state index in [9.17, 15) is 4.79 Å². The Bertz CT molecular complexity index is 1370. The van der Waals surface area contributed by atoms with Gasteiger partial charge in [-0.3, -0.25) is 0 Å². The number of hydrogen-bond acceptors (Lipinski definition) is 8. The summed E-state index contributed by atoms with van der Waals surface area (Å²) in [6, 6.07) is 7.73. The Kier molecular flexibility index (Phi) is 5.01. The number of furan rings is 1. The first-order valence-electron chi connectivity index (χ1n) is 9.93. The smallest absolute Gasteiger partial charge is 0.403 e. The Morgan fingerprint density at radius 1 is 1.25 bits per heavy atom. The van der Waals surface area contributed by atoms with Crippen LogP contribution in [0.2, 0.25) is 0 Å². The van der Waals surface area contributed by atoms with Gasteiger partial charge in [0, 0.05) is 17.2 Å². The molecule has 3 heterocycles. The van der Waals surface area contributed by atoms with Crippen LogP contribution in [-0.4, -0.2) is 41.8 Å². The van der Waals surface area contributed by atoms with E-state index in [1.807, 2.05) is 38.1 Å². The van der Waals surface area contributed by atoms with Crippen molar-refractivity contribution in [3.63, 3.8) is 0 Å². The summed E-state index contributed by atoms with van der Waals surface area (Å²) >= 11 is 5.24. The lowest BCUT2D eigenvalue weighted by Gasteiger charge is -2.26. The van der Waals surface area contributed by atoms with Crippen LogP contribution >= 0.6 is 11.6 Å². The second-order valence-electron chi connectivity index (χ2n) is 7.57. The van der Waals surface area contributed by atoms with E-state index >= 15 is 0 Å². The van der Waals surface area contributed by atoms with E-state index < -0.39 is 11.5 Å². The van der Waals surface area contributed by atoms with Crippen molar-refractivity contribution in [2.24, 2.45) is 0 Å². The lowest BCUT2D eigenvalue weighted by atomic mass is 10.1. The van der Waals surface area contributed by atoms with Crippen LogP contribution in [0.4, 0.5) is 4.79 Å². The van der Waals surface area contributed by atoms with Crippen LogP contribution in [-0.2, 0) is 4.74 Å². The van der Waals surface area contributed by atoms with Crippen molar-refractivity contribution in [3.05, 3.63) is 41.6 Å². The van der Waals surface area contributed by atoms with Crippen molar-refractivity contribution in [1.82, 2.24) is 9.97 Å². The van der Waals surface area contributed by atoms with Gasteiger partial charge in [0.25, 0.3) is 0 Å². The molecule has 0 amide bonds. The molecule has 0 saturated heterocycles. The van der Waals surface area contributed by atoms with E-state index in [4.69, 9.17) is 35.0 Å². The highest BCUT2D eigenvalue weighted by atomic mass is 35.5. The van der Waals surface area contributed by atoms with Crippen molar-refractivity contribution in [2.75, 3.05) is 20.3 Å². The minimum atomic E-state index is -0.878. The third-order valence-corrected chi connectivity index (χ3v) is 5.35. The van der Waals surface area contributed by atoms with Crippen molar-refractivity contribution in [1.29, 1.82) is 0 Å². The Labute approximate surface area is 188 Å². The first-order valence-corrected chi connectivity index (χ1v) is 10.3. The van der Waals surface area contributed by atoms with Crippen LogP contribution in [0.1, 0.15) is 11.1 Å². The quantitative estimate of drug-likeness (QED) is 0.389. The highest BCUT2D eigenvalue weighted by Crippen LogP contribution is 2.44.